The molecule has 2 aromatic heterocycles. The van der Waals surface area contributed by atoms with E-state index in [4.69, 9.17) is 25.2 Å². The minimum absolute atomic E-state index is 0.0703. The van der Waals surface area contributed by atoms with Crippen molar-refractivity contribution >= 4 is 19.7 Å². The molecular weight excluding hydrogens is 447 g/mol. The fourth-order valence-electron chi connectivity index (χ4n) is 3.65. The highest BCUT2D eigenvalue weighted by atomic mass is 31.2. The lowest BCUT2D eigenvalue weighted by atomic mass is 10.1. The SMILES string of the molecule is [2H]C[C@@]1(COP(OCCC#N)N(C(C)C)C(C)C)COC[C@H](n2cnc3c(=O)[nH]c(C)nc32)O1. The summed E-state index contributed by atoms with van der Waals surface area (Å²) in [6, 6.07) is 2.39. The summed E-state index contributed by atoms with van der Waals surface area (Å²) in [6.45, 7) is 10.6. The number of aryl methyl sites for hydroxylation is 1. The third-order valence-corrected chi connectivity index (χ3v) is 7.03. The quantitative estimate of drug-likeness (QED) is 0.402. The lowest BCUT2D eigenvalue weighted by Gasteiger charge is -2.41. The summed E-state index contributed by atoms with van der Waals surface area (Å²) in [6.07, 6.45) is 1.13. The third-order valence-electron chi connectivity index (χ3n) is 4.97. The second-order valence-electron chi connectivity index (χ2n) is 8.57. The van der Waals surface area contributed by atoms with Crippen molar-refractivity contribution < 1.29 is 19.9 Å². The molecule has 3 rings (SSSR count). The van der Waals surface area contributed by atoms with Gasteiger partial charge in [-0.25, -0.2) is 14.6 Å². The normalized spacial score (nSPS) is 22.8. The maximum atomic E-state index is 12.2. The van der Waals surface area contributed by atoms with E-state index in [0.717, 1.165) is 0 Å². The van der Waals surface area contributed by atoms with Gasteiger partial charge in [0, 0.05) is 13.5 Å². The van der Waals surface area contributed by atoms with Crippen LogP contribution in [0.5, 0.6) is 0 Å². The van der Waals surface area contributed by atoms with Crippen LogP contribution in [0.3, 0.4) is 0 Å². The molecule has 1 aliphatic rings. The first kappa shape index (κ1) is 24.2. The Hall–Kier alpha value is -1.93. The zero-order valence-electron chi connectivity index (χ0n) is 20.8. The molecule has 1 unspecified atom stereocenters. The molecule has 0 aromatic carbocycles. The number of imidazole rings is 1. The molecule has 11 nitrogen and oxygen atoms in total. The maximum Gasteiger partial charge on any atom is 0.279 e. The zero-order chi connectivity index (χ0) is 24.9. The van der Waals surface area contributed by atoms with Crippen molar-refractivity contribution in [3.63, 3.8) is 0 Å². The van der Waals surface area contributed by atoms with Crippen molar-refractivity contribution in [3.8, 4) is 6.07 Å². The second-order valence-corrected chi connectivity index (χ2v) is 10.0. The van der Waals surface area contributed by atoms with E-state index >= 15 is 0 Å². The fraction of sp³-hybridized carbons (Fsp3) is 0.714. The summed E-state index contributed by atoms with van der Waals surface area (Å²) in [7, 11) is -1.49. The van der Waals surface area contributed by atoms with Crippen molar-refractivity contribution in [2.45, 2.75) is 71.9 Å². The van der Waals surface area contributed by atoms with E-state index in [2.05, 4.69) is 53.4 Å². The molecule has 0 saturated carbocycles. The molecule has 0 radical (unpaired) electrons. The van der Waals surface area contributed by atoms with Crippen LogP contribution in [-0.4, -0.2) is 68.3 Å². The van der Waals surface area contributed by atoms with Gasteiger partial charge in [-0.05, 0) is 41.5 Å². The number of fused-ring (bicyclic) bond motifs is 1. The Labute approximate surface area is 196 Å². The second kappa shape index (κ2) is 11.0. The lowest BCUT2D eigenvalue weighted by Crippen LogP contribution is -2.47. The van der Waals surface area contributed by atoms with Gasteiger partial charge in [-0.1, -0.05) is 0 Å². The number of aromatic nitrogens is 4. The molecule has 0 bridgehead atoms. The maximum absolute atomic E-state index is 12.2. The summed E-state index contributed by atoms with van der Waals surface area (Å²) in [5.41, 5.74) is -0.763. The molecule has 0 amide bonds. The highest BCUT2D eigenvalue weighted by Crippen LogP contribution is 2.47. The Morgan fingerprint density at radius 1 is 1.45 bits per heavy atom. The highest BCUT2D eigenvalue weighted by molar-refractivity contribution is 7.44. The van der Waals surface area contributed by atoms with Crippen LogP contribution in [0.2, 0.25) is 0 Å². The van der Waals surface area contributed by atoms with Gasteiger partial charge in [-0.3, -0.25) is 9.36 Å². The molecule has 3 heterocycles. The molecule has 3 atom stereocenters. The van der Waals surface area contributed by atoms with E-state index in [1.165, 1.54) is 6.33 Å². The first-order valence-corrected chi connectivity index (χ1v) is 12.0. The average molecular weight is 482 g/mol. The van der Waals surface area contributed by atoms with Crippen molar-refractivity contribution in [3.05, 3.63) is 22.5 Å². The van der Waals surface area contributed by atoms with Crippen molar-refractivity contribution in [2.75, 3.05) is 26.4 Å². The Morgan fingerprint density at radius 2 is 2.21 bits per heavy atom. The highest BCUT2D eigenvalue weighted by Gasteiger charge is 2.38. The van der Waals surface area contributed by atoms with Crippen LogP contribution in [0.25, 0.3) is 11.2 Å². The van der Waals surface area contributed by atoms with Gasteiger partial charge in [0.2, 0.25) is 0 Å². The van der Waals surface area contributed by atoms with Gasteiger partial charge in [0.15, 0.2) is 17.4 Å². The number of hydrogen-bond acceptors (Lipinski definition) is 9. The van der Waals surface area contributed by atoms with Gasteiger partial charge in [0.05, 0.1) is 45.2 Å². The van der Waals surface area contributed by atoms with Crippen LogP contribution >= 0.6 is 8.53 Å². The van der Waals surface area contributed by atoms with Gasteiger partial charge in [0.25, 0.3) is 14.1 Å². The molecule has 1 fully saturated rings. The Balaban J connectivity index is 1.80. The fourth-order valence-corrected chi connectivity index (χ4v) is 5.34. The number of H-pyrrole nitrogens is 1. The third kappa shape index (κ3) is 6.15. The predicted octanol–water partition coefficient (Wildman–Crippen LogP) is 3.02. The van der Waals surface area contributed by atoms with Crippen LogP contribution in [0.1, 0.15) is 54.4 Å². The zero-order valence-corrected chi connectivity index (χ0v) is 20.7. The minimum atomic E-state index is -1.49. The van der Waals surface area contributed by atoms with Crippen molar-refractivity contribution in [1.29, 1.82) is 5.26 Å². The van der Waals surface area contributed by atoms with Gasteiger partial charge < -0.3 is 23.5 Å². The van der Waals surface area contributed by atoms with Crippen molar-refractivity contribution in [1.82, 2.24) is 24.2 Å². The van der Waals surface area contributed by atoms with Gasteiger partial charge in [-0.15, -0.1) is 0 Å². The largest absolute Gasteiger partial charge is 0.374 e. The van der Waals surface area contributed by atoms with Crippen LogP contribution in [0.15, 0.2) is 11.1 Å². The number of hydrogen-bond donors (Lipinski definition) is 1. The topological polar surface area (TPSA) is 128 Å². The predicted molar refractivity (Wildman–Crippen MR) is 123 cm³/mol. The monoisotopic (exact) mass is 481 g/mol. The minimum Gasteiger partial charge on any atom is -0.374 e. The van der Waals surface area contributed by atoms with Gasteiger partial charge in [0.1, 0.15) is 11.4 Å². The van der Waals surface area contributed by atoms with Gasteiger partial charge in [-0.2, -0.15) is 5.26 Å². The number of rotatable bonds is 10. The molecule has 0 aliphatic carbocycles. The van der Waals surface area contributed by atoms with Crippen LogP contribution in [0.4, 0.5) is 0 Å². The summed E-state index contributed by atoms with van der Waals surface area (Å²) >= 11 is 0. The summed E-state index contributed by atoms with van der Waals surface area (Å²) in [5.74, 6) is 0.466. The molecule has 1 N–H and O–H groups in total. The molecule has 1 saturated heterocycles. The number of ether oxygens (including phenoxy) is 2. The summed E-state index contributed by atoms with van der Waals surface area (Å²) in [4.78, 5) is 23.4. The number of nitriles is 1. The Kier molecular flexibility index (Phi) is 8.07. The molecule has 33 heavy (non-hydrogen) atoms. The van der Waals surface area contributed by atoms with E-state index in [-0.39, 0.29) is 62.9 Å². The van der Waals surface area contributed by atoms with E-state index in [9.17, 15) is 4.79 Å². The lowest BCUT2D eigenvalue weighted by molar-refractivity contribution is -0.225. The van der Waals surface area contributed by atoms with Crippen LogP contribution < -0.4 is 5.56 Å². The van der Waals surface area contributed by atoms with Gasteiger partial charge >= 0.3 is 0 Å². The smallest absolute Gasteiger partial charge is 0.279 e. The average Bonchev–Trinajstić information content (AvgIpc) is 3.21. The molecular formula is C21H33N6O5P. The molecule has 2 aromatic rings. The molecule has 12 heteroatoms. The van der Waals surface area contributed by atoms with E-state index in [0.29, 0.717) is 11.5 Å². The Morgan fingerprint density at radius 3 is 2.88 bits per heavy atom. The first-order chi connectivity index (χ1) is 16.2. The molecule has 1 aliphatic heterocycles. The number of aromatic amines is 1. The summed E-state index contributed by atoms with van der Waals surface area (Å²) < 4.78 is 36.4. The van der Waals surface area contributed by atoms with Crippen LogP contribution in [-0.2, 0) is 18.5 Å². The molecule has 0 spiro atoms. The van der Waals surface area contributed by atoms with E-state index in [1.54, 1.807) is 11.5 Å². The number of nitrogens with zero attached hydrogens (tertiary/aromatic N) is 5. The standard InChI is InChI=1S/C21H33N6O5P/c1-14(2)27(15(3)4)33(30-9-7-8-22)31-12-21(6)11-29-10-17(32-21)26-13-23-18-19(26)24-16(5)25-20(18)28/h13-15,17H,7,9-12H2,1-6H3,(H,24,25,28)/t17-,21+,33?/m1/s1/i6D. The van der Waals surface area contributed by atoms with E-state index < -0.39 is 20.4 Å². The first-order valence-electron chi connectivity index (χ1n) is 11.6. The Bertz CT molecular complexity index is 1050. The summed E-state index contributed by atoms with van der Waals surface area (Å²) in [5, 5.41) is 8.91. The molecule has 182 valence electrons. The van der Waals surface area contributed by atoms with Crippen LogP contribution in [0, 0.1) is 18.3 Å². The van der Waals surface area contributed by atoms with E-state index in [1.807, 2.05) is 0 Å². The van der Waals surface area contributed by atoms with Crippen molar-refractivity contribution in [2.24, 2.45) is 0 Å². The number of nitrogens with one attached hydrogen (secondary N) is 1.